The minimum absolute atomic E-state index is 0.0777. The van der Waals surface area contributed by atoms with E-state index in [2.05, 4.69) is 60.7 Å². The molecule has 0 amide bonds. The van der Waals surface area contributed by atoms with Gasteiger partial charge in [0.25, 0.3) is 0 Å². The Labute approximate surface area is 197 Å². The van der Waals surface area contributed by atoms with Gasteiger partial charge in [-0.25, -0.2) is 0 Å². The van der Waals surface area contributed by atoms with Crippen molar-refractivity contribution in [2.45, 2.75) is 104 Å². The van der Waals surface area contributed by atoms with Gasteiger partial charge in [0.15, 0.2) is 14.1 Å². The van der Waals surface area contributed by atoms with Crippen LogP contribution in [0.4, 0.5) is 0 Å². The third-order valence-electron chi connectivity index (χ3n) is 11.3. The summed E-state index contributed by atoms with van der Waals surface area (Å²) in [7, 11) is -1.74. The Hall–Kier alpha value is -0.453. The van der Waals surface area contributed by atoms with Gasteiger partial charge >= 0.3 is 0 Å². The molecule has 0 radical (unpaired) electrons. The molecule has 0 aliphatic heterocycles. The van der Waals surface area contributed by atoms with Crippen LogP contribution in [0.1, 0.15) is 80.1 Å². The van der Waals surface area contributed by atoms with Crippen LogP contribution in [0, 0.1) is 46.3 Å². The van der Waals surface area contributed by atoms with Crippen molar-refractivity contribution >= 4 is 14.1 Å². The number of hydrogen-bond donors (Lipinski definition) is 1. The van der Waals surface area contributed by atoms with Gasteiger partial charge in [0, 0.05) is 13.0 Å². The molecular weight excluding hydrogens is 412 g/mol. The second-order valence-corrected chi connectivity index (χ2v) is 18.7. The van der Waals surface area contributed by atoms with E-state index in [4.69, 9.17) is 4.43 Å². The van der Waals surface area contributed by atoms with Gasteiger partial charge in [-0.1, -0.05) is 47.6 Å². The Kier molecular flexibility index (Phi) is 6.21. The standard InChI is InChI=1S/C28H48O3Si/c1-18(17-31-32(7,8)26(2,3)4)21-9-10-22-25-23(12-14-28(21,22)6)27(5)13-11-20(29)15-19(27)16-24(25)30/h11,13,18-19,21-25,30H,9-10,12,14-17H2,1-8H3/t18-,19-,21-,22+,23+,24-,25+,27+,28-/m1/s1. The number of carbonyl (C=O) groups is 1. The van der Waals surface area contributed by atoms with E-state index >= 15 is 0 Å². The van der Waals surface area contributed by atoms with Gasteiger partial charge in [-0.2, -0.15) is 0 Å². The lowest BCUT2D eigenvalue weighted by Crippen LogP contribution is -2.57. The molecule has 3 fully saturated rings. The van der Waals surface area contributed by atoms with Crippen molar-refractivity contribution in [2.75, 3.05) is 6.61 Å². The summed E-state index contributed by atoms with van der Waals surface area (Å²) in [4.78, 5) is 12.1. The predicted octanol–water partition coefficient (Wildman–Crippen LogP) is 6.62. The molecule has 0 aromatic rings. The lowest BCUT2D eigenvalue weighted by atomic mass is 9.45. The van der Waals surface area contributed by atoms with E-state index in [1.54, 1.807) is 0 Å². The van der Waals surface area contributed by atoms with Crippen molar-refractivity contribution < 1.29 is 14.3 Å². The fourth-order valence-corrected chi connectivity index (χ4v) is 9.37. The summed E-state index contributed by atoms with van der Waals surface area (Å²) in [5.41, 5.74) is 0.379. The molecule has 3 saturated carbocycles. The van der Waals surface area contributed by atoms with Gasteiger partial charge in [-0.05, 0) is 103 Å². The molecule has 4 aliphatic rings. The highest BCUT2D eigenvalue weighted by atomic mass is 28.4. The zero-order valence-electron chi connectivity index (χ0n) is 21.9. The van der Waals surface area contributed by atoms with E-state index in [0.29, 0.717) is 47.3 Å². The van der Waals surface area contributed by atoms with Crippen LogP contribution in [0.5, 0.6) is 0 Å². The summed E-state index contributed by atoms with van der Waals surface area (Å²) in [6, 6.07) is 0. The lowest BCUT2D eigenvalue weighted by molar-refractivity contribution is -0.147. The molecule has 4 rings (SSSR count). The molecule has 0 heterocycles. The Morgan fingerprint density at radius 2 is 1.88 bits per heavy atom. The van der Waals surface area contributed by atoms with Gasteiger partial charge < -0.3 is 9.53 Å². The number of ketones is 1. The molecule has 0 saturated heterocycles. The van der Waals surface area contributed by atoms with E-state index in [9.17, 15) is 9.90 Å². The van der Waals surface area contributed by atoms with Crippen molar-refractivity contribution in [3.8, 4) is 0 Å². The molecule has 32 heavy (non-hydrogen) atoms. The van der Waals surface area contributed by atoms with E-state index in [1.807, 2.05) is 6.08 Å². The smallest absolute Gasteiger partial charge is 0.191 e. The number of fused-ring (bicyclic) bond motifs is 5. The third-order valence-corrected chi connectivity index (χ3v) is 15.8. The van der Waals surface area contributed by atoms with Crippen molar-refractivity contribution in [1.29, 1.82) is 0 Å². The van der Waals surface area contributed by atoms with Crippen LogP contribution in [0.25, 0.3) is 0 Å². The minimum Gasteiger partial charge on any atom is -0.417 e. The molecule has 182 valence electrons. The molecule has 4 aliphatic carbocycles. The fourth-order valence-electron chi connectivity index (χ4n) is 8.26. The zero-order valence-corrected chi connectivity index (χ0v) is 22.9. The largest absolute Gasteiger partial charge is 0.417 e. The summed E-state index contributed by atoms with van der Waals surface area (Å²) in [5, 5.41) is 11.6. The zero-order chi connectivity index (χ0) is 23.7. The maximum Gasteiger partial charge on any atom is 0.191 e. The van der Waals surface area contributed by atoms with Crippen LogP contribution >= 0.6 is 0 Å². The van der Waals surface area contributed by atoms with Crippen LogP contribution in [0.15, 0.2) is 12.2 Å². The molecule has 9 atom stereocenters. The van der Waals surface area contributed by atoms with Gasteiger partial charge in [0.1, 0.15) is 0 Å². The molecule has 0 spiro atoms. The highest BCUT2D eigenvalue weighted by molar-refractivity contribution is 6.74. The first-order valence-corrected chi connectivity index (χ1v) is 16.2. The number of rotatable bonds is 4. The highest BCUT2D eigenvalue weighted by Gasteiger charge is 2.62. The van der Waals surface area contributed by atoms with E-state index in [0.717, 1.165) is 13.0 Å². The monoisotopic (exact) mass is 460 g/mol. The summed E-state index contributed by atoms with van der Waals surface area (Å²) in [6.07, 6.45) is 10.2. The minimum atomic E-state index is -1.74. The Bertz CT molecular complexity index is 767. The summed E-state index contributed by atoms with van der Waals surface area (Å²) >= 11 is 0. The topological polar surface area (TPSA) is 46.5 Å². The van der Waals surface area contributed by atoms with Crippen molar-refractivity contribution in [3.63, 3.8) is 0 Å². The van der Waals surface area contributed by atoms with Crippen molar-refractivity contribution in [1.82, 2.24) is 0 Å². The average Bonchev–Trinajstić information content (AvgIpc) is 3.04. The Balaban J connectivity index is 1.52. The summed E-state index contributed by atoms with van der Waals surface area (Å²) in [6.45, 7) is 19.9. The molecule has 3 nitrogen and oxygen atoms in total. The Morgan fingerprint density at radius 1 is 1.19 bits per heavy atom. The summed E-state index contributed by atoms with van der Waals surface area (Å²) in [5.74, 6) is 3.29. The van der Waals surface area contributed by atoms with Gasteiger partial charge in [-0.3, -0.25) is 4.79 Å². The SMILES string of the molecule is C[C@H](CO[Si](C)(C)C(C)(C)C)[C@H]1CC[C@H]2[C@@H]3[C@H](O)C[C@H]4CC(=O)C=C[C@]4(C)[C@H]3CC[C@]12C. The van der Waals surface area contributed by atoms with Crippen molar-refractivity contribution in [2.24, 2.45) is 46.3 Å². The van der Waals surface area contributed by atoms with Gasteiger partial charge in [-0.15, -0.1) is 0 Å². The molecule has 0 unspecified atom stereocenters. The van der Waals surface area contributed by atoms with Crippen LogP contribution in [-0.2, 0) is 9.22 Å². The maximum absolute atomic E-state index is 12.1. The van der Waals surface area contributed by atoms with Crippen LogP contribution in [0.2, 0.25) is 18.1 Å². The second kappa shape index (κ2) is 8.05. The number of allylic oxidation sites excluding steroid dienone is 2. The predicted molar refractivity (Wildman–Crippen MR) is 134 cm³/mol. The normalized spacial score (nSPS) is 45.2. The molecule has 0 aromatic carbocycles. The van der Waals surface area contributed by atoms with E-state index < -0.39 is 8.32 Å². The average molecular weight is 461 g/mol. The highest BCUT2D eigenvalue weighted by Crippen LogP contribution is 2.67. The molecule has 4 heteroatoms. The fraction of sp³-hybridized carbons (Fsp3) is 0.893. The first kappa shape index (κ1) is 24.7. The van der Waals surface area contributed by atoms with Crippen LogP contribution in [-0.4, -0.2) is 31.9 Å². The second-order valence-electron chi connectivity index (χ2n) is 13.9. The number of hydrogen-bond acceptors (Lipinski definition) is 3. The van der Waals surface area contributed by atoms with Gasteiger partial charge in [0.05, 0.1) is 6.10 Å². The first-order valence-electron chi connectivity index (χ1n) is 13.2. The van der Waals surface area contributed by atoms with E-state index in [1.165, 1.54) is 25.7 Å². The maximum atomic E-state index is 12.1. The number of aliphatic hydroxyl groups excluding tert-OH is 1. The van der Waals surface area contributed by atoms with Crippen molar-refractivity contribution in [3.05, 3.63) is 12.2 Å². The molecule has 1 N–H and O–H groups in total. The van der Waals surface area contributed by atoms with Gasteiger partial charge in [0.2, 0.25) is 0 Å². The summed E-state index contributed by atoms with van der Waals surface area (Å²) < 4.78 is 6.67. The molecule has 0 bridgehead atoms. The van der Waals surface area contributed by atoms with Crippen LogP contribution < -0.4 is 0 Å². The Morgan fingerprint density at radius 3 is 2.53 bits per heavy atom. The molecular formula is C28H48O3Si. The van der Waals surface area contributed by atoms with Crippen LogP contribution in [0.3, 0.4) is 0 Å². The quantitative estimate of drug-likeness (QED) is 0.480. The number of aliphatic hydroxyl groups is 1. The number of carbonyl (C=O) groups excluding carboxylic acids is 1. The van der Waals surface area contributed by atoms with E-state index in [-0.39, 0.29) is 22.3 Å². The first-order chi connectivity index (χ1) is 14.7. The lowest BCUT2D eigenvalue weighted by Gasteiger charge is -2.60. The third kappa shape index (κ3) is 3.81. The molecule has 0 aromatic heterocycles.